The van der Waals surface area contributed by atoms with Crippen molar-refractivity contribution < 1.29 is 147 Å². The summed E-state index contributed by atoms with van der Waals surface area (Å²) in [6.07, 6.45) is 2.11. The average molecular weight is 1670 g/mol. The fraction of sp³-hybridized carbons (Fsp3) is 0.852. The van der Waals surface area contributed by atoms with Crippen LogP contribution in [-0.4, -0.2) is 372 Å². The summed E-state index contributed by atoms with van der Waals surface area (Å²) in [5, 5.41) is 11.4. The van der Waals surface area contributed by atoms with Gasteiger partial charge in [-0.3, -0.25) is 28.8 Å². The zero-order valence-electron chi connectivity index (χ0n) is 71.4. The van der Waals surface area contributed by atoms with Gasteiger partial charge in [0.15, 0.2) is 0 Å². The molecule has 4 amide bonds. The molecule has 0 heterocycles. The average Bonchev–Trinajstić information content (AvgIpc) is 0.863. The second-order valence-corrected chi connectivity index (χ2v) is 27.5. The quantitative estimate of drug-likeness (QED) is 0.0517. The van der Waals surface area contributed by atoms with Crippen molar-refractivity contribution >= 4 is 41.1 Å². The van der Waals surface area contributed by atoms with Crippen LogP contribution in [0.25, 0.3) is 0 Å². The topological polar surface area (TPSA) is 381 Å². The van der Waals surface area contributed by atoms with Crippen molar-refractivity contribution in [3.05, 3.63) is 29.8 Å². The van der Waals surface area contributed by atoms with Crippen LogP contribution >= 0.6 is 0 Å². The molecule has 0 saturated heterocycles. The number of esters is 1. The van der Waals surface area contributed by atoms with Crippen LogP contribution in [-0.2, 0) is 154 Å². The Balaban J connectivity index is 1.85. The number of carbonyl (C=O) groups excluding carboxylic acids is 6. The molecule has 678 valence electrons. The van der Waals surface area contributed by atoms with E-state index < -0.39 is 29.3 Å². The third-order valence-corrected chi connectivity index (χ3v) is 15.9. The van der Waals surface area contributed by atoms with E-state index in [0.717, 1.165) is 5.56 Å². The van der Waals surface area contributed by atoms with E-state index in [0.29, 0.717) is 335 Å². The minimum atomic E-state index is -0.974. The number of Topliss-reactive ketones (excluding diaryl/α,β-unsaturated/α-hetero) is 1. The van der Waals surface area contributed by atoms with Gasteiger partial charge in [0.1, 0.15) is 24.5 Å². The molecule has 4 N–H and O–H groups in total. The van der Waals surface area contributed by atoms with E-state index in [1.807, 2.05) is 13.8 Å². The molecule has 35 nitrogen and oxygen atoms in total. The zero-order valence-corrected chi connectivity index (χ0v) is 71.4. The van der Waals surface area contributed by atoms with Gasteiger partial charge in [0.05, 0.1) is 316 Å². The van der Waals surface area contributed by atoms with Gasteiger partial charge in [-0.05, 0) is 70.1 Å². The summed E-state index contributed by atoms with van der Waals surface area (Å²) >= 11 is 0. The first-order valence-corrected chi connectivity index (χ1v) is 41.3. The van der Waals surface area contributed by atoms with Gasteiger partial charge in [0.25, 0.3) is 0 Å². The van der Waals surface area contributed by atoms with E-state index >= 15 is 0 Å². The van der Waals surface area contributed by atoms with Gasteiger partial charge in [-0.25, -0.2) is 0 Å². The van der Waals surface area contributed by atoms with E-state index in [1.165, 1.54) is 0 Å². The summed E-state index contributed by atoms with van der Waals surface area (Å²) in [6, 6.07) is 4.93. The molecule has 0 saturated carbocycles. The number of amides is 4. The number of carbonyl (C=O) groups is 6. The Morgan fingerprint density at radius 1 is 0.328 bits per heavy atom. The molecule has 0 bridgehead atoms. The third-order valence-electron chi connectivity index (χ3n) is 15.9. The van der Waals surface area contributed by atoms with Crippen LogP contribution < -0.4 is 21.3 Å². The standard InChI is InChI=1S/C81H148N4O31/c1-69(2)74(86)13-11-14-76(88)85-77(70(3)4)79(90)84-73(78(89)83-72-17-15-71(16-18-72)68-116-80(91)81(5,6)7)12-9-10-20-82-75(87)19-21-93-24-25-95-28-29-97-32-33-99-36-37-101-40-41-103-44-45-105-48-49-107-52-53-109-56-57-111-60-61-113-64-65-115-67-66-114-63-62-112-59-58-110-55-54-108-51-50-106-47-46-104-43-42-102-39-38-100-35-34-98-31-30-96-27-26-94-23-22-92-8/h15-18,69-70,73,77H,9-14,19-68H2,1-8H3,(H,82,87)(H,83,89)(H,84,90)(H,85,88)/t73-,77-/m0/s1. The third kappa shape index (κ3) is 74.3. The smallest absolute Gasteiger partial charge is 0.311 e. The van der Waals surface area contributed by atoms with Crippen molar-refractivity contribution in [2.24, 2.45) is 17.3 Å². The van der Waals surface area contributed by atoms with E-state index in [2.05, 4.69) is 21.3 Å². The highest BCUT2D eigenvalue weighted by Gasteiger charge is 2.29. The lowest BCUT2D eigenvalue weighted by molar-refractivity contribution is -0.154. The summed E-state index contributed by atoms with van der Waals surface area (Å²) in [6.45, 7) is 34.6. The first-order valence-electron chi connectivity index (χ1n) is 41.3. The summed E-state index contributed by atoms with van der Waals surface area (Å²) in [4.78, 5) is 77.2. The second-order valence-electron chi connectivity index (χ2n) is 27.5. The molecule has 0 aliphatic carbocycles. The Labute approximate surface area is 690 Å². The highest BCUT2D eigenvalue weighted by Crippen LogP contribution is 2.18. The van der Waals surface area contributed by atoms with Crippen LogP contribution in [0.5, 0.6) is 0 Å². The van der Waals surface area contributed by atoms with Gasteiger partial charge in [-0.15, -0.1) is 0 Å². The number of hydrogen-bond acceptors (Lipinski definition) is 31. The molecule has 2 atom stereocenters. The molecule has 35 heteroatoms. The Morgan fingerprint density at radius 2 is 0.621 bits per heavy atom. The van der Waals surface area contributed by atoms with Gasteiger partial charge >= 0.3 is 5.97 Å². The highest BCUT2D eigenvalue weighted by atomic mass is 16.6. The fourth-order valence-corrected chi connectivity index (χ4v) is 9.34. The lowest BCUT2D eigenvalue weighted by Crippen LogP contribution is -2.54. The number of anilines is 1. The van der Waals surface area contributed by atoms with Gasteiger partial charge in [0, 0.05) is 44.5 Å². The molecule has 0 aliphatic heterocycles. The molecule has 0 fully saturated rings. The number of ether oxygens (including phenoxy) is 25. The Morgan fingerprint density at radius 3 is 0.897 bits per heavy atom. The zero-order chi connectivity index (χ0) is 84.4. The molecular formula is C81H148N4O31. The summed E-state index contributed by atoms with van der Waals surface area (Å²) in [7, 11) is 1.64. The highest BCUT2D eigenvalue weighted by molar-refractivity contribution is 5.98. The number of unbranched alkanes of at least 4 members (excludes halogenated alkanes) is 1. The minimum Gasteiger partial charge on any atom is -0.460 e. The predicted octanol–water partition coefficient (Wildman–Crippen LogP) is 4.44. The molecule has 0 radical (unpaired) electrons. The number of rotatable bonds is 90. The predicted molar refractivity (Wildman–Crippen MR) is 429 cm³/mol. The van der Waals surface area contributed by atoms with Crippen LogP contribution in [0.3, 0.4) is 0 Å². The molecule has 0 spiro atoms. The number of ketones is 1. The molecule has 116 heavy (non-hydrogen) atoms. The normalized spacial score (nSPS) is 12.3. The van der Waals surface area contributed by atoms with E-state index in [9.17, 15) is 28.8 Å². The van der Waals surface area contributed by atoms with Gasteiger partial charge in [0.2, 0.25) is 23.6 Å². The van der Waals surface area contributed by atoms with Crippen LogP contribution in [0.1, 0.15) is 99.0 Å². The van der Waals surface area contributed by atoms with Crippen molar-refractivity contribution in [3.63, 3.8) is 0 Å². The van der Waals surface area contributed by atoms with Crippen molar-refractivity contribution in [3.8, 4) is 0 Å². The molecule has 0 aromatic heterocycles. The van der Waals surface area contributed by atoms with Crippen molar-refractivity contribution in [2.45, 2.75) is 112 Å². The number of benzene rings is 1. The molecule has 1 aromatic rings. The van der Waals surface area contributed by atoms with Crippen molar-refractivity contribution in [2.75, 3.05) is 329 Å². The minimum absolute atomic E-state index is 0.0639. The van der Waals surface area contributed by atoms with E-state index in [1.54, 1.807) is 66.0 Å². The molecular weight excluding hydrogens is 1520 g/mol. The lowest BCUT2D eigenvalue weighted by atomic mass is 9.97. The SMILES string of the molecule is COCCOCCOCCOCCOCCOCCOCCOCCOCCOCCOCCOCCOCCOCCOCCOCCOCCOCCOCCOCCOCCOCCOCCOCCC(=O)NCCCC[C@H](NC(=O)[C@@H](NC(=O)CCCC(=O)C(C)C)C(C)C)C(=O)Nc1ccc(COC(=O)C(C)(C)C)cc1. The number of methoxy groups -OCH3 is 1. The van der Waals surface area contributed by atoms with E-state index in [4.69, 9.17) is 118 Å². The largest absolute Gasteiger partial charge is 0.460 e. The van der Waals surface area contributed by atoms with Gasteiger partial charge < -0.3 is 140 Å². The maximum absolute atomic E-state index is 13.7. The van der Waals surface area contributed by atoms with Crippen molar-refractivity contribution in [1.82, 2.24) is 16.0 Å². The second kappa shape index (κ2) is 82.6. The molecule has 0 aliphatic rings. The Kier molecular flexibility index (Phi) is 77.8. The fourth-order valence-electron chi connectivity index (χ4n) is 9.34. The van der Waals surface area contributed by atoms with Crippen LogP contribution in [0.2, 0.25) is 0 Å². The molecule has 0 unspecified atom stereocenters. The number of hydrogen-bond donors (Lipinski definition) is 4. The molecule has 1 rings (SSSR count). The first-order chi connectivity index (χ1) is 56.5. The Bertz CT molecular complexity index is 2410. The summed E-state index contributed by atoms with van der Waals surface area (Å²) < 4.78 is 137. The summed E-state index contributed by atoms with van der Waals surface area (Å²) in [5.74, 6) is -2.24. The van der Waals surface area contributed by atoms with Crippen LogP contribution in [0.4, 0.5) is 5.69 Å². The summed E-state index contributed by atoms with van der Waals surface area (Å²) in [5.41, 5.74) is 0.552. The van der Waals surface area contributed by atoms with Crippen LogP contribution in [0.15, 0.2) is 24.3 Å². The monoisotopic (exact) mass is 1670 g/mol. The number of nitrogens with one attached hydrogen (secondary N) is 4. The van der Waals surface area contributed by atoms with Gasteiger partial charge in [-0.2, -0.15) is 0 Å². The van der Waals surface area contributed by atoms with Gasteiger partial charge in [-0.1, -0.05) is 39.8 Å². The van der Waals surface area contributed by atoms with E-state index in [-0.39, 0.29) is 74.3 Å². The maximum Gasteiger partial charge on any atom is 0.311 e. The van der Waals surface area contributed by atoms with Crippen LogP contribution in [0, 0.1) is 17.3 Å². The van der Waals surface area contributed by atoms with Crippen molar-refractivity contribution in [1.29, 1.82) is 0 Å². The lowest BCUT2D eigenvalue weighted by Gasteiger charge is -2.25. The first kappa shape index (κ1) is 109. The maximum atomic E-state index is 13.7. The Hall–Kier alpha value is -4.72. The molecule has 1 aromatic carbocycles.